The molecule has 2 aliphatic heterocycles. The first kappa shape index (κ1) is 16.0. The quantitative estimate of drug-likeness (QED) is 0.840. The van der Waals surface area contributed by atoms with Crippen molar-refractivity contribution in [2.45, 2.75) is 25.4 Å². The minimum absolute atomic E-state index is 0.228. The van der Waals surface area contributed by atoms with Gasteiger partial charge in [0.25, 0.3) is 0 Å². The number of anilines is 1. The van der Waals surface area contributed by atoms with Crippen LogP contribution in [0.15, 0.2) is 24.3 Å². The van der Waals surface area contributed by atoms with Crippen LogP contribution in [0.3, 0.4) is 0 Å². The maximum Gasteiger partial charge on any atom is 0.410 e. The van der Waals surface area contributed by atoms with Crippen molar-refractivity contribution in [3.8, 4) is 5.75 Å². The Hall–Kier alpha value is -2.50. The topological polar surface area (TPSA) is 54.9 Å². The number of aryl methyl sites for hydroxylation is 1. The highest BCUT2D eigenvalue weighted by molar-refractivity contribution is 5.85. The molecule has 4 rings (SSSR count). The molecule has 2 fully saturated rings. The molecular formula is C19H23N3O3. The lowest BCUT2D eigenvalue weighted by Gasteiger charge is -2.39. The predicted molar refractivity (Wildman–Crippen MR) is 96.3 cm³/mol. The highest BCUT2D eigenvalue weighted by Crippen LogP contribution is 2.34. The third-order valence-corrected chi connectivity index (χ3v) is 5.21. The Balaban J connectivity index is 1.68. The summed E-state index contributed by atoms with van der Waals surface area (Å²) in [4.78, 5) is 20.6. The average Bonchev–Trinajstić information content (AvgIpc) is 2.87. The minimum Gasteiger partial charge on any atom is -0.497 e. The van der Waals surface area contributed by atoms with E-state index in [4.69, 9.17) is 14.5 Å². The van der Waals surface area contributed by atoms with Gasteiger partial charge in [0, 0.05) is 25.0 Å². The van der Waals surface area contributed by atoms with E-state index in [0.29, 0.717) is 13.1 Å². The summed E-state index contributed by atoms with van der Waals surface area (Å²) < 4.78 is 11.0. The monoisotopic (exact) mass is 341 g/mol. The molecule has 0 radical (unpaired) electrons. The van der Waals surface area contributed by atoms with Gasteiger partial charge in [0.05, 0.1) is 25.7 Å². The molecule has 6 heteroatoms. The molecule has 1 amide bonds. The van der Waals surface area contributed by atoms with Crippen LogP contribution in [0.1, 0.15) is 18.4 Å². The lowest BCUT2D eigenvalue weighted by atomic mass is 9.92. The van der Waals surface area contributed by atoms with Gasteiger partial charge in [0.15, 0.2) is 0 Å². The molecule has 3 heterocycles. The number of rotatable bonds is 2. The number of likely N-dealkylation sites (N-methyl/N-ethyl adjacent to an activating group) is 1. The van der Waals surface area contributed by atoms with Gasteiger partial charge < -0.3 is 19.3 Å². The van der Waals surface area contributed by atoms with Gasteiger partial charge in [-0.3, -0.25) is 0 Å². The molecule has 0 bridgehead atoms. The second-order valence-electron chi connectivity index (χ2n) is 7.11. The van der Waals surface area contributed by atoms with Crippen LogP contribution in [0.4, 0.5) is 10.6 Å². The number of pyridine rings is 1. The zero-order valence-corrected chi connectivity index (χ0v) is 14.9. The number of ether oxygens (including phenoxy) is 2. The van der Waals surface area contributed by atoms with Crippen LogP contribution in [0, 0.1) is 6.92 Å². The molecular weight excluding hydrogens is 318 g/mol. The standard InChI is InChI=1S/C19H23N3O3/c1-13-9-17(20-16-10-14(24-3)5-6-15(13)16)22-8-4-7-19(12-22)11-21(2)18(23)25-19/h5-6,9-10H,4,7-8,11-12H2,1-3H3. The van der Waals surface area contributed by atoms with Crippen LogP contribution in [0.5, 0.6) is 5.75 Å². The Morgan fingerprint density at radius 2 is 2.12 bits per heavy atom. The summed E-state index contributed by atoms with van der Waals surface area (Å²) in [7, 11) is 3.46. The highest BCUT2D eigenvalue weighted by atomic mass is 16.6. The van der Waals surface area contributed by atoms with Gasteiger partial charge >= 0.3 is 6.09 Å². The van der Waals surface area contributed by atoms with E-state index in [1.165, 1.54) is 5.56 Å². The molecule has 0 aliphatic carbocycles. The second-order valence-corrected chi connectivity index (χ2v) is 7.11. The van der Waals surface area contributed by atoms with Crippen LogP contribution in [0.25, 0.3) is 10.9 Å². The number of fused-ring (bicyclic) bond motifs is 1. The van der Waals surface area contributed by atoms with E-state index in [1.54, 1.807) is 19.1 Å². The Bertz CT molecular complexity index is 838. The average molecular weight is 341 g/mol. The molecule has 1 unspecified atom stereocenters. The van der Waals surface area contributed by atoms with Crippen molar-refractivity contribution >= 4 is 22.8 Å². The number of methoxy groups -OCH3 is 1. The normalized spacial score (nSPS) is 23.4. The maximum atomic E-state index is 11.8. The lowest BCUT2D eigenvalue weighted by Crippen LogP contribution is -2.50. The van der Waals surface area contributed by atoms with Gasteiger partial charge in [0.1, 0.15) is 17.2 Å². The lowest BCUT2D eigenvalue weighted by molar-refractivity contribution is 0.0445. The van der Waals surface area contributed by atoms with Crippen LogP contribution >= 0.6 is 0 Å². The molecule has 2 aromatic rings. The van der Waals surface area contributed by atoms with E-state index in [1.807, 2.05) is 18.2 Å². The largest absolute Gasteiger partial charge is 0.497 e. The number of nitrogens with zero attached hydrogens (tertiary/aromatic N) is 3. The van der Waals surface area contributed by atoms with Crippen molar-refractivity contribution < 1.29 is 14.3 Å². The van der Waals surface area contributed by atoms with E-state index in [0.717, 1.165) is 41.9 Å². The van der Waals surface area contributed by atoms with E-state index in [2.05, 4.69) is 17.9 Å². The first-order valence-corrected chi connectivity index (χ1v) is 8.64. The van der Waals surface area contributed by atoms with Crippen LogP contribution in [0.2, 0.25) is 0 Å². The summed E-state index contributed by atoms with van der Waals surface area (Å²) in [5, 5.41) is 1.13. The van der Waals surface area contributed by atoms with E-state index >= 15 is 0 Å². The number of piperidine rings is 1. The Morgan fingerprint density at radius 1 is 1.28 bits per heavy atom. The summed E-state index contributed by atoms with van der Waals surface area (Å²) in [6, 6.07) is 8.09. The van der Waals surface area contributed by atoms with Gasteiger partial charge in [-0.25, -0.2) is 9.78 Å². The Labute approximate surface area is 147 Å². The molecule has 0 saturated carbocycles. The fourth-order valence-corrected chi connectivity index (χ4v) is 3.95. The van der Waals surface area contributed by atoms with Crippen molar-refractivity contribution in [2.75, 3.05) is 38.7 Å². The molecule has 132 valence electrons. The van der Waals surface area contributed by atoms with E-state index in [-0.39, 0.29) is 6.09 Å². The minimum atomic E-state index is -0.414. The molecule has 1 aromatic carbocycles. The molecule has 25 heavy (non-hydrogen) atoms. The van der Waals surface area contributed by atoms with Crippen LogP contribution in [-0.4, -0.2) is 55.4 Å². The first-order chi connectivity index (χ1) is 12.0. The molecule has 1 aromatic heterocycles. The third kappa shape index (κ3) is 2.75. The van der Waals surface area contributed by atoms with Crippen LogP contribution in [-0.2, 0) is 4.74 Å². The SMILES string of the molecule is COc1ccc2c(C)cc(N3CCCC4(CN(C)C(=O)O4)C3)nc2c1. The van der Waals surface area contributed by atoms with E-state index in [9.17, 15) is 4.79 Å². The van der Waals surface area contributed by atoms with Gasteiger partial charge in [-0.05, 0) is 43.5 Å². The van der Waals surface area contributed by atoms with Crippen molar-refractivity contribution in [1.82, 2.24) is 9.88 Å². The maximum absolute atomic E-state index is 11.8. The van der Waals surface area contributed by atoms with Crippen molar-refractivity contribution in [3.63, 3.8) is 0 Å². The van der Waals surface area contributed by atoms with E-state index < -0.39 is 5.60 Å². The van der Waals surface area contributed by atoms with Crippen molar-refractivity contribution in [3.05, 3.63) is 29.8 Å². The summed E-state index contributed by atoms with van der Waals surface area (Å²) in [6.45, 7) is 4.35. The summed E-state index contributed by atoms with van der Waals surface area (Å²) in [6.07, 6.45) is 1.66. The van der Waals surface area contributed by atoms with Crippen molar-refractivity contribution in [2.24, 2.45) is 0 Å². The Morgan fingerprint density at radius 3 is 2.84 bits per heavy atom. The van der Waals surface area contributed by atoms with Gasteiger partial charge in [-0.1, -0.05) is 0 Å². The van der Waals surface area contributed by atoms with Gasteiger partial charge in [-0.2, -0.15) is 0 Å². The fourth-order valence-electron chi connectivity index (χ4n) is 3.95. The number of aromatic nitrogens is 1. The number of benzene rings is 1. The number of hydrogen-bond acceptors (Lipinski definition) is 5. The van der Waals surface area contributed by atoms with Crippen LogP contribution < -0.4 is 9.64 Å². The molecule has 1 spiro atoms. The first-order valence-electron chi connectivity index (χ1n) is 8.64. The molecule has 6 nitrogen and oxygen atoms in total. The Kier molecular flexibility index (Phi) is 3.71. The zero-order valence-electron chi connectivity index (χ0n) is 14.9. The fraction of sp³-hybridized carbons (Fsp3) is 0.474. The second kappa shape index (κ2) is 5.79. The number of amides is 1. The van der Waals surface area contributed by atoms with Gasteiger partial charge in [-0.15, -0.1) is 0 Å². The number of carbonyl (C=O) groups is 1. The molecule has 2 aliphatic rings. The molecule has 1 atom stereocenters. The predicted octanol–water partition coefficient (Wildman–Crippen LogP) is 2.97. The molecule has 2 saturated heterocycles. The number of carbonyl (C=O) groups excluding carboxylic acids is 1. The summed E-state index contributed by atoms with van der Waals surface area (Å²) in [5.41, 5.74) is 1.69. The van der Waals surface area contributed by atoms with Crippen molar-refractivity contribution in [1.29, 1.82) is 0 Å². The summed E-state index contributed by atoms with van der Waals surface area (Å²) >= 11 is 0. The smallest absolute Gasteiger partial charge is 0.410 e. The molecule has 0 N–H and O–H groups in total. The van der Waals surface area contributed by atoms with Gasteiger partial charge in [0.2, 0.25) is 0 Å². The zero-order chi connectivity index (χ0) is 17.6. The highest BCUT2D eigenvalue weighted by Gasteiger charge is 2.46. The number of hydrogen-bond donors (Lipinski definition) is 0. The third-order valence-electron chi connectivity index (χ3n) is 5.21. The summed E-state index contributed by atoms with van der Waals surface area (Å²) in [5.74, 6) is 1.74.